The summed E-state index contributed by atoms with van der Waals surface area (Å²) in [4.78, 5) is 15.1. The third kappa shape index (κ3) is 2.79. The molecule has 1 aromatic carbocycles. The molecular formula is C15H12N4O2. The number of rotatable bonds is 4. The topological polar surface area (TPSA) is 88.0 Å². The zero-order valence-corrected chi connectivity index (χ0v) is 11.0. The lowest BCUT2D eigenvalue weighted by Gasteiger charge is -2.07. The standard InChI is InChI=1S/C15H12N4O2/c20-15(21)10-5-6-16-12(7-10)9-17-14-13-4-2-1-3-11(13)8-18-19-14/h1-8H,9H2,(H,17,19)(H,20,21). The van der Waals surface area contributed by atoms with Crippen LogP contribution >= 0.6 is 0 Å². The number of benzene rings is 1. The summed E-state index contributed by atoms with van der Waals surface area (Å²) in [7, 11) is 0. The van der Waals surface area contributed by atoms with Gasteiger partial charge in [-0.15, -0.1) is 5.10 Å². The second kappa shape index (κ2) is 5.54. The van der Waals surface area contributed by atoms with Crippen molar-refractivity contribution in [2.45, 2.75) is 6.54 Å². The van der Waals surface area contributed by atoms with Crippen molar-refractivity contribution in [3.05, 3.63) is 60.0 Å². The molecule has 0 fully saturated rings. The molecule has 0 bridgehead atoms. The van der Waals surface area contributed by atoms with Gasteiger partial charge in [-0.2, -0.15) is 5.10 Å². The lowest BCUT2D eigenvalue weighted by molar-refractivity contribution is 0.0696. The number of aromatic nitrogens is 3. The van der Waals surface area contributed by atoms with Gasteiger partial charge in [0.2, 0.25) is 0 Å². The van der Waals surface area contributed by atoms with Crippen LogP contribution in [0.4, 0.5) is 5.82 Å². The van der Waals surface area contributed by atoms with Crippen LogP contribution in [0, 0.1) is 0 Å². The number of hydrogen-bond donors (Lipinski definition) is 2. The van der Waals surface area contributed by atoms with E-state index in [1.807, 2.05) is 24.3 Å². The minimum atomic E-state index is -0.969. The van der Waals surface area contributed by atoms with Crippen LogP contribution < -0.4 is 5.32 Å². The lowest BCUT2D eigenvalue weighted by atomic mass is 10.2. The van der Waals surface area contributed by atoms with Crippen molar-refractivity contribution in [2.24, 2.45) is 0 Å². The monoisotopic (exact) mass is 280 g/mol. The number of nitrogens with zero attached hydrogens (tertiary/aromatic N) is 3. The largest absolute Gasteiger partial charge is 0.478 e. The number of carboxylic acid groups (broad SMARTS) is 1. The quantitative estimate of drug-likeness (QED) is 0.762. The van der Waals surface area contributed by atoms with Gasteiger partial charge in [-0.3, -0.25) is 4.98 Å². The van der Waals surface area contributed by atoms with Crippen molar-refractivity contribution >= 4 is 22.6 Å². The van der Waals surface area contributed by atoms with Gasteiger partial charge >= 0.3 is 5.97 Å². The first-order valence-electron chi connectivity index (χ1n) is 6.36. The van der Waals surface area contributed by atoms with E-state index in [0.717, 1.165) is 10.8 Å². The molecule has 6 heteroatoms. The average molecular weight is 280 g/mol. The fraction of sp³-hybridized carbons (Fsp3) is 0.0667. The van der Waals surface area contributed by atoms with E-state index in [-0.39, 0.29) is 5.56 Å². The van der Waals surface area contributed by atoms with Crippen LogP contribution in [0.5, 0.6) is 0 Å². The zero-order chi connectivity index (χ0) is 14.7. The molecule has 0 aliphatic carbocycles. The maximum absolute atomic E-state index is 10.9. The molecule has 104 valence electrons. The van der Waals surface area contributed by atoms with Gasteiger partial charge in [0.1, 0.15) is 0 Å². The van der Waals surface area contributed by atoms with Crippen molar-refractivity contribution < 1.29 is 9.90 Å². The molecule has 2 aromatic heterocycles. The normalized spacial score (nSPS) is 10.5. The van der Waals surface area contributed by atoms with Gasteiger partial charge in [0.05, 0.1) is 24.0 Å². The summed E-state index contributed by atoms with van der Waals surface area (Å²) in [6.07, 6.45) is 3.18. The highest BCUT2D eigenvalue weighted by Crippen LogP contribution is 2.19. The number of carbonyl (C=O) groups is 1. The van der Waals surface area contributed by atoms with Gasteiger partial charge in [0, 0.05) is 17.0 Å². The van der Waals surface area contributed by atoms with Crippen LogP contribution in [0.15, 0.2) is 48.8 Å². The first kappa shape index (κ1) is 13.0. The fourth-order valence-electron chi connectivity index (χ4n) is 2.04. The van der Waals surface area contributed by atoms with Crippen molar-refractivity contribution in [3.8, 4) is 0 Å². The number of nitrogens with one attached hydrogen (secondary N) is 1. The minimum Gasteiger partial charge on any atom is -0.478 e. The predicted octanol–water partition coefficient (Wildman–Crippen LogP) is 2.34. The molecule has 0 radical (unpaired) electrons. The molecule has 3 rings (SSSR count). The van der Waals surface area contributed by atoms with Crippen LogP contribution in [0.3, 0.4) is 0 Å². The molecule has 0 spiro atoms. The molecule has 0 saturated heterocycles. The van der Waals surface area contributed by atoms with Crippen LogP contribution in [0.1, 0.15) is 16.1 Å². The molecule has 0 aliphatic heterocycles. The molecule has 0 atom stereocenters. The molecule has 6 nitrogen and oxygen atoms in total. The van der Waals surface area contributed by atoms with Crippen LogP contribution in [0.2, 0.25) is 0 Å². The second-order valence-electron chi connectivity index (χ2n) is 4.47. The number of anilines is 1. The Morgan fingerprint density at radius 1 is 1.24 bits per heavy atom. The maximum atomic E-state index is 10.9. The molecule has 0 saturated carbocycles. The fourth-order valence-corrected chi connectivity index (χ4v) is 2.04. The third-order valence-corrected chi connectivity index (χ3v) is 3.07. The predicted molar refractivity (Wildman–Crippen MR) is 78.1 cm³/mol. The summed E-state index contributed by atoms with van der Waals surface area (Å²) in [6.45, 7) is 0.379. The lowest BCUT2D eigenvalue weighted by Crippen LogP contribution is -2.06. The van der Waals surface area contributed by atoms with E-state index in [1.165, 1.54) is 18.3 Å². The average Bonchev–Trinajstić information content (AvgIpc) is 2.53. The van der Waals surface area contributed by atoms with Gasteiger partial charge in [-0.1, -0.05) is 24.3 Å². The summed E-state index contributed by atoms with van der Waals surface area (Å²) in [5, 5.41) is 22.1. The summed E-state index contributed by atoms with van der Waals surface area (Å²) in [6, 6.07) is 10.8. The Kier molecular flexibility index (Phi) is 3.42. The van der Waals surface area contributed by atoms with Crippen molar-refractivity contribution in [1.82, 2.24) is 15.2 Å². The Bertz CT molecular complexity index is 799. The van der Waals surface area contributed by atoms with Crippen molar-refractivity contribution in [1.29, 1.82) is 0 Å². The van der Waals surface area contributed by atoms with E-state index in [9.17, 15) is 4.79 Å². The number of aromatic carboxylic acids is 1. The number of carboxylic acids is 1. The third-order valence-electron chi connectivity index (χ3n) is 3.07. The van der Waals surface area contributed by atoms with Crippen LogP contribution in [-0.2, 0) is 6.54 Å². The molecular weight excluding hydrogens is 268 g/mol. The summed E-state index contributed by atoms with van der Waals surface area (Å²) in [5.74, 6) is -0.320. The molecule has 0 aliphatic rings. The molecule has 2 N–H and O–H groups in total. The van der Waals surface area contributed by atoms with Crippen LogP contribution in [-0.4, -0.2) is 26.3 Å². The highest BCUT2D eigenvalue weighted by molar-refractivity contribution is 5.91. The number of pyridine rings is 1. The van der Waals surface area contributed by atoms with Gasteiger partial charge in [0.25, 0.3) is 0 Å². The van der Waals surface area contributed by atoms with Gasteiger partial charge in [-0.05, 0) is 12.1 Å². The zero-order valence-electron chi connectivity index (χ0n) is 11.0. The van der Waals surface area contributed by atoms with Crippen molar-refractivity contribution in [2.75, 3.05) is 5.32 Å². The Labute approximate surface area is 120 Å². The Morgan fingerprint density at radius 2 is 2.10 bits per heavy atom. The van der Waals surface area contributed by atoms with E-state index in [2.05, 4.69) is 20.5 Å². The summed E-state index contributed by atoms with van der Waals surface area (Å²) >= 11 is 0. The van der Waals surface area contributed by atoms with Crippen molar-refractivity contribution in [3.63, 3.8) is 0 Å². The Hall–Kier alpha value is -3.02. The molecule has 0 unspecified atom stereocenters. The Balaban J connectivity index is 1.84. The van der Waals surface area contributed by atoms with Gasteiger partial charge < -0.3 is 10.4 Å². The van der Waals surface area contributed by atoms with E-state index >= 15 is 0 Å². The van der Waals surface area contributed by atoms with Crippen LogP contribution in [0.25, 0.3) is 10.8 Å². The second-order valence-corrected chi connectivity index (χ2v) is 4.47. The first-order chi connectivity index (χ1) is 10.2. The summed E-state index contributed by atoms with van der Waals surface area (Å²) in [5.41, 5.74) is 0.843. The Morgan fingerprint density at radius 3 is 2.95 bits per heavy atom. The molecule has 0 amide bonds. The first-order valence-corrected chi connectivity index (χ1v) is 6.36. The SMILES string of the molecule is O=C(O)c1ccnc(CNc2nncc3ccccc23)c1. The highest BCUT2D eigenvalue weighted by atomic mass is 16.4. The van der Waals surface area contributed by atoms with E-state index in [0.29, 0.717) is 18.1 Å². The van der Waals surface area contributed by atoms with E-state index in [4.69, 9.17) is 5.11 Å². The number of fused-ring (bicyclic) bond motifs is 1. The van der Waals surface area contributed by atoms with E-state index in [1.54, 1.807) is 6.20 Å². The number of hydrogen-bond acceptors (Lipinski definition) is 5. The smallest absolute Gasteiger partial charge is 0.335 e. The minimum absolute atomic E-state index is 0.214. The molecule has 21 heavy (non-hydrogen) atoms. The summed E-state index contributed by atoms with van der Waals surface area (Å²) < 4.78 is 0. The van der Waals surface area contributed by atoms with Gasteiger partial charge in [-0.25, -0.2) is 4.79 Å². The maximum Gasteiger partial charge on any atom is 0.335 e. The molecule has 2 heterocycles. The molecule has 3 aromatic rings. The van der Waals surface area contributed by atoms with E-state index < -0.39 is 5.97 Å². The van der Waals surface area contributed by atoms with Gasteiger partial charge in [0.15, 0.2) is 5.82 Å². The highest BCUT2D eigenvalue weighted by Gasteiger charge is 2.06.